The third-order valence-corrected chi connectivity index (χ3v) is 4.00. The number of carbonyl (C=O) groups is 1. The lowest BCUT2D eigenvalue weighted by molar-refractivity contribution is -0.120. The van der Waals surface area contributed by atoms with Gasteiger partial charge >= 0.3 is 0 Å². The summed E-state index contributed by atoms with van der Waals surface area (Å²) in [5.41, 5.74) is 2.04. The molecule has 112 valence electrons. The minimum Gasteiger partial charge on any atom is -0.345 e. The summed E-state index contributed by atoms with van der Waals surface area (Å²) >= 11 is 0. The number of amides is 1. The largest absolute Gasteiger partial charge is 0.345 e. The Morgan fingerprint density at radius 3 is 2.90 bits per heavy atom. The highest BCUT2D eigenvalue weighted by molar-refractivity contribution is 5.79. The van der Waals surface area contributed by atoms with Crippen molar-refractivity contribution in [1.82, 2.24) is 20.2 Å². The van der Waals surface area contributed by atoms with Crippen molar-refractivity contribution in [2.45, 2.75) is 25.8 Å². The van der Waals surface area contributed by atoms with E-state index < -0.39 is 0 Å². The van der Waals surface area contributed by atoms with Gasteiger partial charge in [0, 0.05) is 7.05 Å². The molecule has 1 aromatic carbocycles. The SMILES string of the molecule is CC(NC(=O)CNCC1CC1)c1nc2ccccc2n1C. The number of aryl methyl sites for hydroxylation is 1. The molecule has 0 bridgehead atoms. The number of nitrogens with one attached hydrogen (secondary N) is 2. The van der Waals surface area contributed by atoms with Gasteiger partial charge < -0.3 is 15.2 Å². The summed E-state index contributed by atoms with van der Waals surface area (Å²) in [5.74, 6) is 1.69. The van der Waals surface area contributed by atoms with Gasteiger partial charge in [-0.1, -0.05) is 12.1 Å². The van der Waals surface area contributed by atoms with E-state index in [9.17, 15) is 4.79 Å². The molecular formula is C16H22N4O. The van der Waals surface area contributed by atoms with Crippen LogP contribution in [0.5, 0.6) is 0 Å². The molecule has 1 fully saturated rings. The van der Waals surface area contributed by atoms with Crippen LogP contribution in [0.2, 0.25) is 0 Å². The molecule has 2 aromatic rings. The molecule has 1 atom stereocenters. The summed E-state index contributed by atoms with van der Waals surface area (Å²) in [4.78, 5) is 16.6. The zero-order valence-corrected chi connectivity index (χ0v) is 12.6. The van der Waals surface area contributed by atoms with Crippen LogP contribution in [0.25, 0.3) is 11.0 Å². The summed E-state index contributed by atoms with van der Waals surface area (Å²) in [6.45, 7) is 3.30. The van der Waals surface area contributed by atoms with Gasteiger partial charge in [0.15, 0.2) is 0 Å². The molecule has 5 heteroatoms. The van der Waals surface area contributed by atoms with Gasteiger partial charge in [0.2, 0.25) is 5.91 Å². The topological polar surface area (TPSA) is 59.0 Å². The molecule has 1 aromatic heterocycles. The van der Waals surface area contributed by atoms with Gasteiger partial charge in [-0.3, -0.25) is 4.79 Å². The van der Waals surface area contributed by atoms with Crippen molar-refractivity contribution in [1.29, 1.82) is 0 Å². The molecule has 2 N–H and O–H groups in total. The Kier molecular flexibility index (Phi) is 3.92. The quantitative estimate of drug-likeness (QED) is 0.850. The predicted molar refractivity (Wildman–Crippen MR) is 82.9 cm³/mol. The van der Waals surface area contributed by atoms with Crippen LogP contribution >= 0.6 is 0 Å². The smallest absolute Gasteiger partial charge is 0.234 e. The van der Waals surface area contributed by atoms with E-state index in [1.165, 1.54) is 12.8 Å². The van der Waals surface area contributed by atoms with Gasteiger partial charge in [0.05, 0.1) is 23.6 Å². The highest BCUT2D eigenvalue weighted by atomic mass is 16.2. The first kappa shape index (κ1) is 14.1. The third-order valence-electron chi connectivity index (χ3n) is 4.00. The molecule has 1 saturated carbocycles. The van der Waals surface area contributed by atoms with Crippen LogP contribution in [0.15, 0.2) is 24.3 Å². The first-order valence-electron chi connectivity index (χ1n) is 7.56. The lowest BCUT2D eigenvalue weighted by Crippen LogP contribution is -2.36. The first-order valence-corrected chi connectivity index (χ1v) is 7.56. The zero-order valence-electron chi connectivity index (χ0n) is 12.6. The van der Waals surface area contributed by atoms with Crippen molar-refractivity contribution in [2.24, 2.45) is 13.0 Å². The summed E-state index contributed by atoms with van der Waals surface area (Å²) in [5, 5.41) is 6.21. The molecule has 1 unspecified atom stereocenters. The zero-order chi connectivity index (χ0) is 14.8. The molecule has 1 aliphatic carbocycles. The molecule has 0 aliphatic heterocycles. The number of para-hydroxylation sites is 2. The van der Waals surface area contributed by atoms with Gasteiger partial charge in [-0.05, 0) is 44.4 Å². The van der Waals surface area contributed by atoms with Crippen molar-refractivity contribution in [3.63, 3.8) is 0 Å². The maximum Gasteiger partial charge on any atom is 0.234 e. The van der Waals surface area contributed by atoms with E-state index in [4.69, 9.17) is 0 Å². The normalized spacial score (nSPS) is 16.1. The molecule has 1 heterocycles. The second-order valence-electron chi connectivity index (χ2n) is 5.88. The standard InChI is InChI=1S/C16H22N4O/c1-11(18-15(21)10-17-9-12-7-8-12)16-19-13-5-3-4-6-14(13)20(16)2/h3-6,11-12,17H,7-10H2,1-2H3,(H,18,21). The summed E-state index contributed by atoms with van der Waals surface area (Å²) < 4.78 is 2.04. The van der Waals surface area contributed by atoms with Gasteiger partial charge in [0.1, 0.15) is 5.82 Å². The van der Waals surface area contributed by atoms with E-state index in [0.29, 0.717) is 6.54 Å². The van der Waals surface area contributed by atoms with Crippen LogP contribution in [0.3, 0.4) is 0 Å². The van der Waals surface area contributed by atoms with Crippen molar-refractivity contribution in [2.75, 3.05) is 13.1 Å². The molecule has 0 saturated heterocycles. The molecule has 3 rings (SSSR count). The molecule has 1 aliphatic rings. The van der Waals surface area contributed by atoms with E-state index in [1.807, 2.05) is 42.8 Å². The Hall–Kier alpha value is -1.88. The van der Waals surface area contributed by atoms with Crippen LogP contribution in [-0.2, 0) is 11.8 Å². The van der Waals surface area contributed by atoms with Gasteiger partial charge in [0.25, 0.3) is 0 Å². The van der Waals surface area contributed by atoms with E-state index in [0.717, 1.165) is 29.3 Å². The van der Waals surface area contributed by atoms with Crippen LogP contribution < -0.4 is 10.6 Å². The van der Waals surface area contributed by atoms with Crippen LogP contribution in [0.4, 0.5) is 0 Å². The Morgan fingerprint density at radius 2 is 2.19 bits per heavy atom. The molecular weight excluding hydrogens is 264 g/mol. The minimum atomic E-state index is -0.0994. The summed E-state index contributed by atoms with van der Waals surface area (Å²) in [6.07, 6.45) is 2.59. The second kappa shape index (κ2) is 5.85. The summed E-state index contributed by atoms with van der Waals surface area (Å²) in [6, 6.07) is 7.91. The predicted octanol–water partition coefficient (Wildman–Crippen LogP) is 1.75. The molecule has 0 spiro atoms. The van der Waals surface area contributed by atoms with E-state index in [1.54, 1.807) is 0 Å². The number of rotatable bonds is 6. The van der Waals surface area contributed by atoms with Crippen molar-refractivity contribution >= 4 is 16.9 Å². The van der Waals surface area contributed by atoms with Crippen LogP contribution in [0.1, 0.15) is 31.6 Å². The number of hydrogen-bond donors (Lipinski definition) is 2. The minimum absolute atomic E-state index is 0.0233. The highest BCUT2D eigenvalue weighted by Crippen LogP contribution is 2.27. The number of fused-ring (bicyclic) bond motifs is 1. The monoisotopic (exact) mass is 286 g/mol. The average Bonchev–Trinajstić information content (AvgIpc) is 3.22. The van der Waals surface area contributed by atoms with E-state index >= 15 is 0 Å². The maximum absolute atomic E-state index is 11.9. The van der Waals surface area contributed by atoms with Crippen molar-refractivity contribution in [3.05, 3.63) is 30.1 Å². The first-order chi connectivity index (χ1) is 10.1. The van der Waals surface area contributed by atoms with Crippen LogP contribution in [0, 0.1) is 5.92 Å². The highest BCUT2D eigenvalue weighted by Gasteiger charge is 2.21. The van der Waals surface area contributed by atoms with Gasteiger partial charge in [-0.25, -0.2) is 4.98 Å². The fraction of sp³-hybridized carbons (Fsp3) is 0.500. The van der Waals surface area contributed by atoms with Crippen LogP contribution in [-0.4, -0.2) is 28.5 Å². The number of aromatic nitrogens is 2. The van der Waals surface area contributed by atoms with E-state index in [2.05, 4.69) is 15.6 Å². The lowest BCUT2D eigenvalue weighted by Gasteiger charge is -2.14. The molecule has 5 nitrogen and oxygen atoms in total. The number of benzene rings is 1. The number of carbonyl (C=O) groups excluding carboxylic acids is 1. The molecule has 1 amide bonds. The van der Waals surface area contributed by atoms with Crippen molar-refractivity contribution < 1.29 is 4.79 Å². The second-order valence-corrected chi connectivity index (χ2v) is 5.88. The fourth-order valence-corrected chi connectivity index (χ4v) is 2.62. The lowest BCUT2D eigenvalue weighted by atomic mass is 10.3. The van der Waals surface area contributed by atoms with Gasteiger partial charge in [-0.2, -0.15) is 0 Å². The van der Waals surface area contributed by atoms with Gasteiger partial charge in [-0.15, -0.1) is 0 Å². The Morgan fingerprint density at radius 1 is 1.43 bits per heavy atom. The molecule has 21 heavy (non-hydrogen) atoms. The Balaban J connectivity index is 1.61. The average molecular weight is 286 g/mol. The van der Waals surface area contributed by atoms with Crippen molar-refractivity contribution in [3.8, 4) is 0 Å². The number of hydrogen-bond acceptors (Lipinski definition) is 3. The number of imidazole rings is 1. The molecule has 0 radical (unpaired) electrons. The Labute approximate surface area is 124 Å². The number of nitrogens with zero attached hydrogens (tertiary/aromatic N) is 2. The summed E-state index contributed by atoms with van der Waals surface area (Å²) in [7, 11) is 1.98. The Bertz CT molecular complexity index is 645. The van der Waals surface area contributed by atoms with E-state index in [-0.39, 0.29) is 11.9 Å². The fourth-order valence-electron chi connectivity index (χ4n) is 2.62. The third kappa shape index (κ3) is 3.24. The maximum atomic E-state index is 11.9.